The molecule has 3 saturated heterocycles. The predicted octanol–water partition coefficient (Wildman–Crippen LogP) is -5.57. The van der Waals surface area contributed by atoms with E-state index >= 15 is 0 Å². The number of hydrogen-bond acceptors (Lipinski definition) is 22. The summed E-state index contributed by atoms with van der Waals surface area (Å²) in [7, 11) is 0. The second kappa shape index (κ2) is 21.2. The van der Waals surface area contributed by atoms with Gasteiger partial charge in [0.05, 0.1) is 54.9 Å². The number of aliphatic hydroxyl groups excluding tert-OH is 12. The van der Waals surface area contributed by atoms with Crippen LogP contribution in [-0.4, -0.2) is 220 Å². The number of carbonyl (C=O) groups excluding carboxylic acids is 2. The van der Waals surface area contributed by atoms with Crippen molar-refractivity contribution in [3.8, 4) is 0 Å². The van der Waals surface area contributed by atoms with Crippen LogP contribution >= 0.6 is 0 Å². The maximum atomic E-state index is 12.6. The molecule has 0 amide bonds. The van der Waals surface area contributed by atoms with Gasteiger partial charge in [-0.05, 0) is 56.8 Å². The first-order chi connectivity index (χ1) is 29.3. The molecule has 11 unspecified atom stereocenters. The molecule has 3 saturated carbocycles. The van der Waals surface area contributed by atoms with E-state index in [1.807, 2.05) is 0 Å². The Bertz CT molecular complexity index is 1520. The van der Waals surface area contributed by atoms with Gasteiger partial charge in [-0.3, -0.25) is 9.59 Å². The number of aliphatic hydroxyl groups is 12. The largest absolute Gasteiger partial charge is 0.481 e. The number of carboxylic acids is 1. The molecule has 6 fully saturated rings. The summed E-state index contributed by atoms with van der Waals surface area (Å²) in [6.07, 6.45) is -26.0. The van der Waals surface area contributed by atoms with Gasteiger partial charge in [-0.25, -0.2) is 4.79 Å². The zero-order valence-corrected chi connectivity index (χ0v) is 33.6. The van der Waals surface area contributed by atoms with Crippen molar-refractivity contribution < 1.29 is 114 Å². The van der Waals surface area contributed by atoms with Crippen molar-refractivity contribution in [3.05, 3.63) is 12.2 Å². The maximum Gasteiger partial charge on any atom is 0.330 e. The van der Waals surface area contributed by atoms with E-state index in [4.69, 9.17) is 38.3 Å². The summed E-state index contributed by atoms with van der Waals surface area (Å²) < 4.78 is 40.7. The predicted molar refractivity (Wildman–Crippen MR) is 199 cm³/mol. The number of hydrogen-bond donors (Lipinski definition) is 13. The number of ether oxygens (including phenoxy) is 7. The Morgan fingerprint density at radius 1 is 0.565 bits per heavy atom. The van der Waals surface area contributed by atoms with Gasteiger partial charge in [-0.2, -0.15) is 0 Å². The van der Waals surface area contributed by atoms with E-state index in [9.17, 15) is 75.7 Å². The second-order valence-electron chi connectivity index (χ2n) is 17.3. The molecule has 3 heterocycles. The lowest BCUT2D eigenvalue weighted by Gasteiger charge is -2.52. The van der Waals surface area contributed by atoms with E-state index in [0.29, 0.717) is 12.8 Å². The van der Waals surface area contributed by atoms with Gasteiger partial charge < -0.3 is 99.5 Å². The molecular weight excluding hydrogens is 836 g/mol. The third kappa shape index (κ3) is 11.6. The van der Waals surface area contributed by atoms with Crippen LogP contribution in [0.15, 0.2) is 12.2 Å². The first-order valence-electron chi connectivity index (χ1n) is 21.0. The molecule has 0 aromatic carbocycles. The Labute approximate surface area is 354 Å². The highest BCUT2D eigenvalue weighted by Gasteiger charge is 2.55. The lowest BCUT2D eigenvalue weighted by molar-refractivity contribution is -0.345. The zero-order valence-electron chi connectivity index (χ0n) is 33.6. The van der Waals surface area contributed by atoms with E-state index < -0.39 is 172 Å². The summed E-state index contributed by atoms with van der Waals surface area (Å²) in [5.74, 6) is -5.11. The molecule has 0 aromatic rings. The molecule has 0 spiro atoms. The van der Waals surface area contributed by atoms with Crippen molar-refractivity contribution in [1.82, 2.24) is 0 Å². The summed E-state index contributed by atoms with van der Waals surface area (Å²) in [5, 5.41) is 136. The molecule has 23 nitrogen and oxygen atoms in total. The zero-order chi connectivity index (χ0) is 45.2. The average molecular weight is 897 g/mol. The van der Waals surface area contributed by atoms with Crippen LogP contribution in [0.2, 0.25) is 0 Å². The number of allylic oxidation sites excluding steroid dienone is 1. The standard InChI is InChI=1S/C39H60O23/c40-16-8-22-17(23(9-16)59-38-35(54)33(52)32(51)26(61-38)13-57-29(48)11-27(45)46)10-24(37(58-22)15-6-20(43)30(49)21(44)7-15)60-39-36(55)34(53)31(50)25(62-39)12-56-28(47)4-2-14-1-3-18(41)19(42)5-14/h2,4,14-26,30-44,49-55H,1,3,5-13H2,(H,45,46)/t14?,15?,16?,17?,18?,19?,20?,21?,22?,23?,24?,25-,26-,30?,31-,32-,33-,34-,35-,36-,37?,38-,39-/m0/s1. The molecule has 0 bridgehead atoms. The Hall–Kier alpha value is -2.53. The molecule has 0 aromatic heterocycles. The smallest absolute Gasteiger partial charge is 0.330 e. The molecular formula is C39H60O23. The second-order valence-corrected chi connectivity index (χ2v) is 17.3. The first kappa shape index (κ1) is 48.9. The highest BCUT2D eigenvalue weighted by Crippen LogP contribution is 2.45. The minimum Gasteiger partial charge on any atom is -0.481 e. The van der Waals surface area contributed by atoms with E-state index in [0.717, 1.165) is 6.08 Å². The third-order valence-electron chi connectivity index (χ3n) is 12.9. The fourth-order valence-electron chi connectivity index (χ4n) is 9.39. The molecule has 354 valence electrons. The number of aliphatic carboxylic acids is 1. The van der Waals surface area contributed by atoms with Gasteiger partial charge in [0.25, 0.3) is 0 Å². The van der Waals surface area contributed by atoms with Gasteiger partial charge in [-0.15, -0.1) is 0 Å². The molecule has 0 radical (unpaired) electrons. The van der Waals surface area contributed by atoms with Crippen LogP contribution in [0.5, 0.6) is 0 Å². The summed E-state index contributed by atoms with van der Waals surface area (Å²) in [4.78, 5) is 35.4. The molecule has 23 heteroatoms. The van der Waals surface area contributed by atoms with Crippen LogP contribution in [-0.2, 0) is 47.5 Å². The van der Waals surface area contributed by atoms with Crippen molar-refractivity contribution in [2.24, 2.45) is 17.8 Å². The van der Waals surface area contributed by atoms with Gasteiger partial charge in [0.15, 0.2) is 12.6 Å². The lowest BCUT2D eigenvalue weighted by atomic mass is 9.72. The van der Waals surface area contributed by atoms with Crippen molar-refractivity contribution in [1.29, 1.82) is 0 Å². The average Bonchev–Trinajstić information content (AvgIpc) is 3.22. The Balaban J connectivity index is 1.17. The lowest BCUT2D eigenvalue weighted by Crippen LogP contribution is -2.63. The molecule has 3 aliphatic heterocycles. The maximum absolute atomic E-state index is 12.6. The minimum absolute atomic E-state index is 0.0369. The summed E-state index contributed by atoms with van der Waals surface area (Å²) in [6.45, 7) is -1.32. The number of carboxylic acid groups (broad SMARTS) is 1. The van der Waals surface area contributed by atoms with Crippen LogP contribution in [0, 0.1) is 17.8 Å². The molecule has 21 atom stereocenters. The van der Waals surface area contributed by atoms with Crippen LogP contribution < -0.4 is 0 Å². The summed E-state index contributed by atoms with van der Waals surface area (Å²) in [5.41, 5.74) is 0. The van der Waals surface area contributed by atoms with Gasteiger partial charge >= 0.3 is 17.9 Å². The van der Waals surface area contributed by atoms with E-state index in [1.165, 1.54) is 6.08 Å². The Morgan fingerprint density at radius 3 is 1.73 bits per heavy atom. The Kier molecular flexibility index (Phi) is 16.7. The monoisotopic (exact) mass is 896 g/mol. The van der Waals surface area contributed by atoms with Crippen molar-refractivity contribution in [2.75, 3.05) is 13.2 Å². The summed E-state index contributed by atoms with van der Waals surface area (Å²) >= 11 is 0. The van der Waals surface area contributed by atoms with E-state index in [-0.39, 0.29) is 44.4 Å². The quantitative estimate of drug-likeness (QED) is 0.0466. The van der Waals surface area contributed by atoms with Gasteiger partial charge in [0, 0.05) is 18.4 Å². The molecule has 3 aliphatic carbocycles. The fourth-order valence-corrected chi connectivity index (χ4v) is 9.39. The third-order valence-corrected chi connectivity index (χ3v) is 12.9. The Morgan fingerprint density at radius 2 is 1.15 bits per heavy atom. The van der Waals surface area contributed by atoms with Gasteiger partial charge in [0.1, 0.15) is 74.6 Å². The number of rotatable bonds is 13. The van der Waals surface area contributed by atoms with Crippen LogP contribution in [0.1, 0.15) is 57.8 Å². The highest BCUT2D eigenvalue weighted by atomic mass is 16.7. The number of carbonyl (C=O) groups is 3. The normalized spacial score (nSPS) is 47.6. The topological polar surface area (TPSA) is 379 Å². The summed E-state index contributed by atoms with van der Waals surface area (Å²) in [6, 6.07) is 0. The molecule has 62 heavy (non-hydrogen) atoms. The SMILES string of the molecule is O=C(O)CC(=O)OC[C@@H]1O[C@H](OC2CC(O)CC3OC(C4CC(O)C(O)C(O)C4)C(O[C@H]4O[C@@H](COC(=O)C=CC5CCC(O)C(O)C5)[C@H](O)[C@H](O)[C@@H]4O)CC32)[C@@H](O)[C@@H](O)[C@H]1O. The molecule has 6 rings (SSSR count). The highest BCUT2D eigenvalue weighted by molar-refractivity contribution is 5.90. The first-order valence-corrected chi connectivity index (χ1v) is 21.0. The van der Waals surface area contributed by atoms with Gasteiger partial charge in [-0.1, -0.05) is 6.08 Å². The molecule has 6 aliphatic rings. The van der Waals surface area contributed by atoms with Crippen molar-refractivity contribution in [3.63, 3.8) is 0 Å². The minimum atomic E-state index is -1.89. The fraction of sp³-hybridized carbons (Fsp3) is 0.872. The van der Waals surface area contributed by atoms with Crippen LogP contribution in [0.25, 0.3) is 0 Å². The van der Waals surface area contributed by atoms with E-state index in [2.05, 4.69) is 0 Å². The number of esters is 2. The van der Waals surface area contributed by atoms with Crippen molar-refractivity contribution >= 4 is 17.9 Å². The van der Waals surface area contributed by atoms with Crippen LogP contribution in [0.3, 0.4) is 0 Å². The molecule has 13 N–H and O–H groups in total. The van der Waals surface area contributed by atoms with Crippen molar-refractivity contribution in [2.45, 2.75) is 180 Å². The van der Waals surface area contributed by atoms with E-state index in [1.54, 1.807) is 0 Å². The van der Waals surface area contributed by atoms with Crippen LogP contribution in [0.4, 0.5) is 0 Å². The van der Waals surface area contributed by atoms with Gasteiger partial charge in [0.2, 0.25) is 0 Å². The number of fused-ring (bicyclic) bond motifs is 1.